The van der Waals surface area contributed by atoms with Gasteiger partial charge < -0.3 is 9.32 Å². The molecule has 1 saturated heterocycles. The topological polar surface area (TPSA) is 92.5 Å². The Morgan fingerprint density at radius 3 is 2.87 bits per heavy atom. The number of benzene rings is 2. The molecule has 0 saturated carbocycles. The molecule has 2 aliphatic heterocycles. The number of carbonyl (C=O) groups excluding carboxylic acids is 3. The fourth-order valence-corrected chi connectivity index (χ4v) is 4.14. The molecule has 30 heavy (non-hydrogen) atoms. The lowest BCUT2D eigenvalue weighted by Crippen LogP contribution is -2.39. The predicted molar refractivity (Wildman–Crippen MR) is 106 cm³/mol. The van der Waals surface area contributed by atoms with Crippen molar-refractivity contribution in [3.05, 3.63) is 59.2 Å². The number of oxazole rings is 1. The number of fused-ring (bicyclic) bond motifs is 2. The molecule has 3 heterocycles. The van der Waals surface area contributed by atoms with Gasteiger partial charge >= 0.3 is 0 Å². The van der Waals surface area contributed by atoms with Gasteiger partial charge in [-0.15, -0.1) is 0 Å². The van der Waals surface area contributed by atoms with Crippen molar-refractivity contribution in [3.63, 3.8) is 0 Å². The number of anilines is 1. The number of nitrogens with zero attached hydrogens (tertiary/aromatic N) is 2. The second-order valence-electron chi connectivity index (χ2n) is 7.76. The lowest BCUT2D eigenvalue weighted by Gasteiger charge is -2.17. The fourth-order valence-electron chi connectivity index (χ4n) is 4.14. The molecule has 3 aromatic rings. The van der Waals surface area contributed by atoms with Crippen LogP contribution >= 0.6 is 0 Å². The van der Waals surface area contributed by atoms with Crippen molar-refractivity contribution in [2.45, 2.75) is 31.6 Å². The summed E-state index contributed by atoms with van der Waals surface area (Å²) in [5.41, 5.74) is 2.80. The molecule has 3 amide bonds. The average Bonchev–Trinajstić information content (AvgIpc) is 3.27. The first-order valence-corrected chi connectivity index (χ1v) is 9.76. The van der Waals surface area contributed by atoms with Gasteiger partial charge in [-0.3, -0.25) is 19.7 Å². The third-order valence-electron chi connectivity index (χ3n) is 5.70. The van der Waals surface area contributed by atoms with Crippen molar-refractivity contribution in [2.75, 3.05) is 11.4 Å². The zero-order valence-electron chi connectivity index (χ0n) is 16.1. The summed E-state index contributed by atoms with van der Waals surface area (Å²) in [4.78, 5) is 42.5. The molecule has 1 aromatic heterocycles. The summed E-state index contributed by atoms with van der Waals surface area (Å²) in [6.07, 6.45) is 0.555. The second-order valence-corrected chi connectivity index (χ2v) is 7.76. The third-order valence-corrected chi connectivity index (χ3v) is 5.70. The van der Waals surface area contributed by atoms with E-state index in [4.69, 9.17) is 4.42 Å². The lowest BCUT2D eigenvalue weighted by atomic mass is 9.98. The quantitative estimate of drug-likeness (QED) is 0.659. The number of rotatable bonds is 2. The smallest absolute Gasteiger partial charge is 0.258 e. The summed E-state index contributed by atoms with van der Waals surface area (Å²) in [5, 5.41) is 2.29. The third kappa shape index (κ3) is 2.96. The number of piperidine rings is 1. The summed E-state index contributed by atoms with van der Waals surface area (Å²) in [5.74, 6) is -1.69. The van der Waals surface area contributed by atoms with Gasteiger partial charge in [-0.05, 0) is 42.3 Å². The van der Waals surface area contributed by atoms with Gasteiger partial charge in [-0.1, -0.05) is 13.0 Å². The Hall–Kier alpha value is -3.55. The SMILES string of the molecule is C[C@H]1CN(C(=O)c2ccc3nc(C4CCC(=O)NC4=O)oc3c2)c2cc(F)ccc21. The Labute approximate surface area is 170 Å². The highest BCUT2D eigenvalue weighted by Crippen LogP contribution is 2.37. The molecule has 1 fully saturated rings. The molecule has 7 nitrogen and oxygen atoms in total. The lowest BCUT2D eigenvalue weighted by molar-refractivity contribution is -0.134. The van der Waals surface area contributed by atoms with Crippen LogP contribution in [0, 0.1) is 5.82 Å². The van der Waals surface area contributed by atoms with E-state index in [-0.39, 0.29) is 35.9 Å². The van der Waals surface area contributed by atoms with Crippen LogP contribution < -0.4 is 10.2 Å². The molecule has 0 aliphatic carbocycles. The van der Waals surface area contributed by atoms with Gasteiger partial charge in [0.2, 0.25) is 17.7 Å². The van der Waals surface area contributed by atoms with Crippen LogP contribution in [0.25, 0.3) is 11.1 Å². The number of hydrogen-bond donors (Lipinski definition) is 1. The van der Waals surface area contributed by atoms with Crippen molar-refractivity contribution in [1.29, 1.82) is 0 Å². The van der Waals surface area contributed by atoms with Gasteiger partial charge in [0, 0.05) is 24.4 Å². The number of amides is 3. The van der Waals surface area contributed by atoms with Crippen molar-refractivity contribution in [1.82, 2.24) is 10.3 Å². The Bertz CT molecular complexity index is 1220. The van der Waals surface area contributed by atoms with E-state index in [0.717, 1.165) is 5.56 Å². The predicted octanol–water partition coefficient (Wildman–Crippen LogP) is 3.25. The van der Waals surface area contributed by atoms with Crippen LogP contribution in [0.5, 0.6) is 0 Å². The Morgan fingerprint density at radius 1 is 1.23 bits per heavy atom. The van der Waals surface area contributed by atoms with Crippen molar-refractivity contribution in [3.8, 4) is 0 Å². The first-order chi connectivity index (χ1) is 14.4. The van der Waals surface area contributed by atoms with Gasteiger partial charge in [-0.2, -0.15) is 0 Å². The maximum Gasteiger partial charge on any atom is 0.258 e. The molecule has 0 radical (unpaired) electrons. The van der Waals surface area contributed by atoms with Gasteiger partial charge in [0.05, 0.1) is 5.69 Å². The molecule has 2 atom stereocenters. The van der Waals surface area contributed by atoms with E-state index in [1.165, 1.54) is 12.1 Å². The summed E-state index contributed by atoms with van der Waals surface area (Å²) in [6.45, 7) is 2.46. The van der Waals surface area contributed by atoms with E-state index < -0.39 is 11.8 Å². The Balaban J connectivity index is 1.46. The first-order valence-electron chi connectivity index (χ1n) is 9.76. The minimum atomic E-state index is -0.636. The number of aromatic nitrogens is 1. The number of halogens is 1. The second kappa shape index (κ2) is 6.76. The molecule has 1 unspecified atom stereocenters. The molecule has 0 spiro atoms. The Morgan fingerprint density at radius 2 is 2.07 bits per heavy atom. The van der Waals surface area contributed by atoms with E-state index in [1.54, 1.807) is 29.2 Å². The van der Waals surface area contributed by atoms with Crippen LogP contribution in [0.4, 0.5) is 10.1 Å². The number of carbonyl (C=O) groups is 3. The number of hydrogen-bond acceptors (Lipinski definition) is 5. The van der Waals surface area contributed by atoms with E-state index >= 15 is 0 Å². The summed E-state index contributed by atoms with van der Waals surface area (Å²) >= 11 is 0. The maximum absolute atomic E-state index is 13.8. The molecule has 152 valence electrons. The normalized spacial score (nSPS) is 21.1. The van der Waals surface area contributed by atoms with Crippen LogP contribution in [0.1, 0.15) is 53.4 Å². The highest BCUT2D eigenvalue weighted by molar-refractivity contribution is 6.08. The monoisotopic (exact) mass is 407 g/mol. The Kier molecular flexibility index (Phi) is 4.16. The van der Waals surface area contributed by atoms with E-state index in [2.05, 4.69) is 10.3 Å². The van der Waals surface area contributed by atoms with Crippen molar-refractivity contribution < 1.29 is 23.2 Å². The summed E-state index contributed by atoms with van der Waals surface area (Å²) in [7, 11) is 0. The maximum atomic E-state index is 13.8. The molecule has 8 heteroatoms. The van der Waals surface area contributed by atoms with E-state index in [9.17, 15) is 18.8 Å². The van der Waals surface area contributed by atoms with Gasteiger partial charge in [0.1, 0.15) is 17.3 Å². The minimum absolute atomic E-state index is 0.109. The molecule has 2 aliphatic rings. The van der Waals surface area contributed by atoms with E-state index in [1.807, 2.05) is 6.92 Å². The highest BCUT2D eigenvalue weighted by Gasteiger charge is 2.33. The van der Waals surface area contributed by atoms with Gasteiger partial charge in [0.25, 0.3) is 5.91 Å². The largest absolute Gasteiger partial charge is 0.440 e. The van der Waals surface area contributed by atoms with Crippen LogP contribution in [0.15, 0.2) is 40.8 Å². The van der Waals surface area contributed by atoms with Crippen LogP contribution in [-0.4, -0.2) is 29.3 Å². The van der Waals surface area contributed by atoms with Gasteiger partial charge in [-0.25, -0.2) is 9.37 Å². The molecular formula is C22H18FN3O4. The minimum Gasteiger partial charge on any atom is -0.440 e. The first kappa shape index (κ1) is 18.5. The fraction of sp³-hybridized carbons (Fsp3) is 0.273. The van der Waals surface area contributed by atoms with Crippen molar-refractivity contribution >= 4 is 34.5 Å². The molecule has 1 N–H and O–H groups in total. The number of nitrogens with one attached hydrogen (secondary N) is 1. The number of imide groups is 1. The summed E-state index contributed by atoms with van der Waals surface area (Å²) < 4.78 is 19.5. The molecule has 2 aromatic carbocycles. The zero-order valence-corrected chi connectivity index (χ0v) is 16.1. The summed E-state index contributed by atoms with van der Waals surface area (Å²) in [6, 6.07) is 9.39. The molecule has 5 rings (SSSR count). The van der Waals surface area contributed by atoms with E-state index in [0.29, 0.717) is 35.3 Å². The van der Waals surface area contributed by atoms with Crippen LogP contribution in [0.2, 0.25) is 0 Å². The van der Waals surface area contributed by atoms with Crippen molar-refractivity contribution in [2.24, 2.45) is 0 Å². The van der Waals surface area contributed by atoms with Crippen LogP contribution in [0.3, 0.4) is 0 Å². The highest BCUT2D eigenvalue weighted by atomic mass is 19.1. The zero-order chi connectivity index (χ0) is 21.0. The van der Waals surface area contributed by atoms with Gasteiger partial charge in [0.15, 0.2) is 5.58 Å². The van der Waals surface area contributed by atoms with Crippen LogP contribution in [-0.2, 0) is 9.59 Å². The molecular weight excluding hydrogens is 389 g/mol. The standard InChI is InChI=1S/C22H18FN3O4/c1-11-10-26(17-9-13(23)3-4-14(11)17)22(29)12-2-6-16-18(8-12)30-21(24-16)15-5-7-19(27)25-20(15)28/h2-4,6,8-9,11,15H,5,7,10H2,1H3,(H,25,27,28)/t11-,15?/m0/s1. The molecule has 0 bridgehead atoms. The average molecular weight is 407 g/mol.